The molecule has 1 aromatic carbocycles. The van der Waals surface area contributed by atoms with Gasteiger partial charge >= 0.3 is 0 Å². The first-order chi connectivity index (χ1) is 11.6. The molecule has 4 rings (SSSR count). The lowest BCUT2D eigenvalue weighted by Crippen LogP contribution is -2.56. The van der Waals surface area contributed by atoms with Crippen molar-refractivity contribution >= 4 is 0 Å². The van der Waals surface area contributed by atoms with Gasteiger partial charge < -0.3 is 5.11 Å². The van der Waals surface area contributed by atoms with Crippen LogP contribution in [0, 0.1) is 5.95 Å². The van der Waals surface area contributed by atoms with Gasteiger partial charge in [-0.2, -0.15) is 4.39 Å². The van der Waals surface area contributed by atoms with Crippen LogP contribution in [-0.4, -0.2) is 27.1 Å². The fraction of sp³-hybridized carbons (Fsp3) is 0.450. The third-order valence-corrected chi connectivity index (χ3v) is 5.56. The number of pyridine rings is 1. The predicted octanol–water partition coefficient (Wildman–Crippen LogP) is 3.63. The molecule has 2 aromatic rings. The van der Waals surface area contributed by atoms with Gasteiger partial charge in [0.25, 0.3) is 0 Å². The number of hydrogen-bond acceptors (Lipinski definition) is 3. The summed E-state index contributed by atoms with van der Waals surface area (Å²) < 4.78 is 13.5. The summed E-state index contributed by atoms with van der Waals surface area (Å²) in [5.41, 5.74) is 0.785. The molecule has 2 saturated heterocycles. The number of hydrogen-bond donors (Lipinski definition) is 1. The Kier molecular flexibility index (Phi) is 4.10. The van der Waals surface area contributed by atoms with Crippen LogP contribution in [-0.2, 0) is 12.1 Å². The van der Waals surface area contributed by atoms with Crippen molar-refractivity contribution in [3.05, 3.63) is 65.7 Å². The monoisotopic (exact) mass is 326 g/mol. The Hall–Kier alpha value is -1.78. The Balaban J connectivity index is 1.58. The Bertz CT molecular complexity index is 692. The summed E-state index contributed by atoms with van der Waals surface area (Å²) in [6, 6.07) is 15.9. The van der Waals surface area contributed by atoms with Gasteiger partial charge in [-0.25, -0.2) is 4.98 Å². The zero-order valence-electron chi connectivity index (χ0n) is 13.7. The molecule has 0 aliphatic carbocycles. The second-order valence-electron chi connectivity index (χ2n) is 7.18. The molecule has 0 amide bonds. The standard InChI is InChI=1S/C20H23FN2O/c21-19-11-5-10-18(22-19)20(24)12-16-8-4-9-17(13-20)23(16)14-15-6-2-1-3-7-15/h1-3,5-7,10-11,16-17,24H,4,8-9,12-14H2. The van der Waals surface area contributed by atoms with E-state index in [0.29, 0.717) is 30.6 Å². The second-order valence-corrected chi connectivity index (χ2v) is 7.18. The average Bonchev–Trinajstić information content (AvgIpc) is 2.57. The van der Waals surface area contributed by atoms with Crippen LogP contribution >= 0.6 is 0 Å². The van der Waals surface area contributed by atoms with Crippen LogP contribution in [0.4, 0.5) is 4.39 Å². The Morgan fingerprint density at radius 1 is 1.04 bits per heavy atom. The molecule has 1 N–H and O–H groups in total. The number of benzene rings is 1. The van der Waals surface area contributed by atoms with E-state index in [2.05, 4.69) is 34.1 Å². The fourth-order valence-electron chi connectivity index (χ4n) is 4.45. The van der Waals surface area contributed by atoms with E-state index >= 15 is 0 Å². The van der Waals surface area contributed by atoms with E-state index in [1.807, 2.05) is 6.07 Å². The summed E-state index contributed by atoms with van der Waals surface area (Å²) in [6.07, 6.45) is 4.63. The van der Waals surface area contributed by atoms with E-state index in [1.54, 1.807) is 12.1 Å². The van der Waals surface area contributed by atoms with Crippen molar-refractivity contribution in [1.29, 1.82) is 0 Å². The van der Waals surface area contributed by atoms with Crippen LogP contribution in [0.1, 0.15) is 43.4 Å². The van der Waals surface area contributed by atoms with Gasteiger partial charge in [-0.3, -0.25) is 4.90 Å². The summed E-state index contributed by atoms with van der Waals surface area (Å²) >= 11 is 0. The van der Waals surface area contributed by atoms with Crippen LogP contribution < -0.4 is 0 Å². The Labute approximate surface area is 142 Å². The van der Waals surface area contributed by atoms with Crippen LogP contribution in [0.15, 0.2) is 48.5 Å². The molecule has 2 fully saturated rings. The molecule has 2 aliphatic heterocycles. The molecule has 4 heteroatoms. The van der Waals surface area contributed by atoms with Crippen molar-refractivity contribution in [3.8, 4) is 0 Å². The normalized spacial score (nSPS) is 30.2. The first-order valence-corrected chi connectivity index (χ1v) is 8.79. The third kappa shape index (κ3) is 2.96. The van der Waals surface area contributed by atoms with Crippen LogP contribution in [0.2, 0.25) is 0 Å². The summed E-state index contributed by atoms with van der Waals surface area (Å²) in [4.78, 5) is 6.50. The molecule has 0 spiro atoms. The van der Waals surface area contributed by atoms with E-state index < -0.39 is 11.5 Å². The van der Waals surface area contributed by atoms with Crippen LogP contribution in [0.5, 0.6) is 0 Å². The van der Waals surface area contributed by atoms with E-state index in [1.165, 1.54) is 18.1 Å². The molecule has 2 aliphatic rings. The van der Waals surface area contributed by atoms with E-state index in [0.717, 1.165) is 19.4 Å². The van der Waals surface area contributed by atoms with E-state index in [9.17, 15) is 9.50 Å². The molecule has 2 atom stereocenters. The van der Waals surface area contributed by atoms with Crippen LogP contribution in [0.3, 0.4) is 0 Å². The number of rotatable bonds is 3. The van der Waals surface area contributed by atoms with Gasteiger partial charge in [0, 0.05) is 18.6 Å². The maximum atomic E-state index is 13.5. The molecule has 126 valence electrons. The SMILES string of the molecule is OC1(c2cccc(F)n2)CC2CCCC(C1)N2Cc1ccccc1. The molecule has 2 bridgehead atoms. The molecule has 0 radical (unpaired) electrons. The third-order valence-electron chi connectivity index (χ3n) is 5.56. The first kappa shape index (κ1) is 15.7. The maximum Gasteiger partial charge on any atom is 0.213 e. The topological polar surface area (TPSA) is 36.4 Å². The molecular formula is C20H23FN2O. The summed E-state index contributed by atoms with van der Waals surface area (Å²) in [5.74, 6) is -0.516. The number of fused-ring (bicyclic) bond motifs is 2. The van der Waals surface area contributed by atoms with Crippen molar-refractivity contribution in [2.24, 2.45) is 0 Å². The molecule has 3 nitrogen and oxygen atoms in total. The Morgan fingerprint density at radius 3 is 2.42 bits per heavy atom. The van der Waals surface area contributed by atoms with Gasteiger partial charge in [-0.15, -0.1) is 0 Å². The average molecular weight is 326 g/mol. The van der Waals surface area contributed by atoms with Gasteiger partial charge in [-0.05, 0) is 43.4 Å². The minimum atomic E-state index is -1.01. The van der Waals surface area contributed by atoms with Gasteiger partial charge in [0.2, 0.25) is 5.95 Å². The summed E-state index contributed by atoms with van der Waals surface area (Å²) in [7, 11) is 0. The van der Waals surface area contributed by atoms with Gasteiger partial charge in [0.05, 0.1) is 5.69 Å². The van der Waals surface area contributed by atoms with Gasteiger partial charge in [0.1, 0.15) is 5.60 Å². The highest BCUT2D eigenvalue weighted by Gasteiger charge is 2.47. The van der Waals surface area contributed by atoms with Crippen molar-refractivity contribution < 1.29 is 9.50 Å². The minimum absolute atomic E-state index is 0.327. The molecule has 3 heterocycles. The van der Waals surface area contributed by atoms with Crippen molar-refractivity contribution in [2.45, 2.75) is 56.3 Å². The largest absolute Gasteiger partial charge is 0.383 e. The fourth-order valence-corrected chi connectivity index (χ4v) is 4.45. The number of piperidine rings is 2. The van der Waals surface area contributed by atoms with Crippen molar-refractivity contribution in [2.75, 3.05) is 0 Å². The smallest absolute Gasteiger partial charge is 0.213 e. The van der Waals surface area contributed by atoms with E-state index in [4.69, 9.17) is 0 Å². The highest BCUT2D eigenvalue weighted by Crippen LogP contribution is 2.44. The number of nitrogens with zero attached hydrogens (tertiary/aromatic N) is 2. The number of aliphatic hydroxyl groups is 1. The van der Waals surface area contributed by atoms with Crippen molar-refractivity contribution in [3.63, 3.8) is 0 Å². The quantitative estimate of drug-likeness (QED) is 0.875. The molecule has 0 saturated carbocycles. The Morgan fingerprint density at radius 2 is 1.75 bits per heavy atom. The zero-order valence-corrected chi connectivity index (χ0v) is 13.7. The lowest BCUT2D eigenvalue weighted by molar-refractivity contribution is -0.102. The molecule has 24 heavy (non-hydrogen) atoms. The second kappa shape index (κ2) is 6.26. The molecule has 1 aromatic heterocycles. The lowest BCUT2D eigenvalue weighted by Gasteiger charge is -2.52. The number of aromatic nitrogens is 1. The minimum Gasteiger partial charge on any atom is -0.383 e. The highest BCUT2D eigenvalue weighted by molar-refractivity contribution is 5.19. The molecule has 2 unspecified atom stereocenters. The first-order valence-electron chi connectivity index (χ1n) is 8.79. The van der Waals surface area contributed by atoms with Gasteiger partial charge in [0.15, 0.2) is 0 Å². The van der Waals surface area contributed by atoms with Crippen LogP contribution in [0.25, 0.3) is 0 Å². The van der Waals surface area contributed by atoms with E-state index in [-0.39, 0.29) is 0 Å². The maximum absolute atomic E-state index is 13.5. The molecular weight excluding hydrogens is 303 g/mol. The summed E-state index contributed by atoms with van der Waals surface area (Å²) in [5, 5.41) is 11.2. The lowest BCUT2D eigenvalue weighted by atomic mass is 9.74. The summed E-state index contributed by atoms with van der Waals surface area (Å²) in [6.45, 7) is 0.919. The van der Waals surface area contributed by atoms with Crippen molar-refractivity contribution in [1.82, 2.24) is 9.88 Å². The predicted molar refractivity (Wildman–Crippen MR) is 90.7 cm³/mol. The highest BCUT2D eigenvalue weighted by atomic mass is 19.1. The number of halogens is 1. The van der Waals surface area contributed by atoms with Gasteiger partial charge in [-0.1, -0.05) is 42.8 Å². The zero-order chi connectivity index (χ0) is 16.6.